The Labute approximate surface area is 230 Å². The molecule has 0 fully saturated rings. The first-order valence-corrected chi connectivity index (χ1v) is 16.0. The minimum Gasteiger partial charge on any atom is -0.466 e. The van der Waals surface area contributed by atoms with Crippen molar-refractivity contribution in [2.24, 2.45) is 5.92 Å². The average Bonchev–Trinajstić information content (AvgIpc) is 2.90. The summed E-state index contributed by atoms with van der Waals surface area (Å²) in [6.45, 7) is 5.07. The molecule has 0 saturated carbocycles. The van der Waals surface area contributed by atoms with Gasteiger partial charge < -0.3 is 4.74 Å². The van der Waals surface area contributed by atoms with Gasteiger partial charge in [-0.3, -0.25) is 14.4 Å². The highest BCUT2D eigenvalue weighted by Gasteiger charge is 2.11. The van der Waals surface area contributed by atoms with E-state index in [1.807, 2.05) is 0 Å². The molecular formula is C32H63NO4. The van der Waals surface area contributed by atoms with Gasteiger partial charge in [0.2, 0.25) is 5.91 Å². The summed E-state index contributed by atoms with van der Waals surface area (Å²) >= 11 is 0. The van der Waals surface area contributed by atoms with Gasteiger partial charge in [-0.1, -0.05) is 136 Å². The zero-order valence-corrected chi connectivity index (χ0v) is 25.3. The van der Waals surface area contributed by atoms with Crippen molar-refractivity contribution in [3.05, 3.63) is 0 Å². The minimum atomic E-state index is -0.192. The minimum absolute atomic E-state index is 0.116. The Hall–Kier alpha value is -1.10. The van der Waals surface area contributed by atoms with Crippen molar-refractivity contribution in [2.75, 3.05) is 20.8 Å². The van der Waals surface area contributed by atoms with Crippen LogP contribution < -0.4 is 0 Å². The van der Waals surface area contributed by atoms with Crippen LogP contribution in [0.4, 0.5) is 0 Å². The third-order valence-corrected chi connectivity index (χ3v) is 7.60. The zero-order valence-electron chi connectivity index (χ0n) is 25.3. The van der Waals surface area contributed by atoms with Gasteiger partial charge in [0.25, 0.3) is 0 Å². The fourth-order valence-corrected chi connectivity index (χ4v) is 5.00. The van der Waals surface area contributed by atoms with Crippen molar-refractivity contribution in [2.45, 2.75) is 168 Å². The third kappa shape index (κ3) is 25.0. The molecule has 37 heavy (non-hydrogen) atoms. The molecule has 0 unspecified atom stereocenters. The largest absolute Gasteiger partial charge is 0.466 e. The molecular weight excluding hydrogens is 462 g/mol. The maximum Gasteiger partial charge on any atom is 0.305 e. The van der Waals surface area contributed by atoms with Gasteiger partial charge in [-0.2, -0.15) is 0 Å². The van der Waals surface area contributed by atoms with Gasteiger partial charge in [0.15, 0.2) is 0 Å². The van der Waals surface area contributed by atoms with E-state index in [1.54, 1.807) is 7.05 Å². The molecule has 220 valence electrons. The number of ether oxygens (including phenoxy) is 1. The Bertz CT molecular complexity index is 491. The van der Waals surface area contributed by atoms with E-state index in [2.05, 4.69) is 13.8 Å². The number of hydroxylamine groups is 2. The normalized spacial score (nSPS) is 11.3. The fourth-order valence-electron chi connectivity index (χ4n) is 5.00. The van der Waals surface area contributed by atoms with E-state index in [0.29, 0.717) is 25.9 Å². The summed E-state index contributed by atoms with van der Waals surface area (Å²) in [4.78, 5) is 28.5. The molecule has 0 N–H and O–H groups in total. The highest BCUT2D eigenvalue weighted by Crippen LogP contribution is 2.24. The van der Waals surface area contributed by atoms with Crippen LogP contribution in [-0.4, -0.2) is 37.7 Å². The first-order chi connectivity index (χ1) is 18.0. The van der Waals surface area contributed by atoms with Gasteiger partial charge >= 0.3 is 5.97 Å². The molecule has 0 spiro atoms. The number of hydrogen-bond donors (Lipinski definition) is 0. The molecule has 0 heterocycles. The summed E-state index contributed by atoms with van der Waals surface area (Å²) in [5.74, 6) is 0.524. The lowest BCUT2D eigenvalue weighted by Gasteiger charge is -2.17. The molecule has 0 aliphatic heterocycles. The monoisotopic (exact) mass is 525 g/mol. The van der Waals surface area contributed by atoms with Crippen molar-refractivity contribution in [3.63, 3.8) is 0 Å². The Morgan fingerprint density at radius 1 is 0.595 bits per heavy atom. The Morgan fingerprint density at radius 3 is 1.49 bits per heavy atom. The molecule has 0 rings (SSSR count). The van der Waals surface area contributed by atoms with Crippen LogP contribution in [0.2, 0.25) is 0 Å². The smallest absolute Gasteiger partial charge is 0.305 e. The summed E-state index contributed by atoms with van der Waals surface area (Å²) < 4.78 is 5.40. The lowest BCUT2D eigenvalue weighted by molar-refractivity contribution is -0.168. The van der Waals surface area contributed by atoms with Gasteiger partial charge in [-0.05, 0) is 25.2 Å². The lowest BCUT2D eigenvalue weighted by Crippen LogP contribution is -2.25. The van der Waals surface area contributed by atoms with Crippen LogP contribution in [0.3, 0.4) is 0 Å². The zero-order chi connectivity index (χ0) is 27.4. The topological polar surface area (TPSA) is 55.8 Å². The second-order valence-corrected chi connectivity index (χ2v) is 11.0. The van der Waals surface area contributed by atoms with E-state index in [0.717, 1.165) is 18.8 Å². The Balaban J connectivity index is 4.05. The molecule has 0 atom stereocenters. The van der Waals surface area contributed by atoms with Gasteiger partial charge in [0.05, 0.1) is 13.7 Å². The molecule has 1 amide bonds. The summed E-state index contributed by atoms with van der Waals surface area (Å²) in [7, 11) is 3.04. The molecule has 0 aliphatic carbocycles. The third-order valence-electron chi connectivity index (χ3n) is 7.60. The molecule has 5 nitrogen and oxygen atoms in total. The highest BCUT2D eigenvalue weighted by atomic mass is 16.7. The van der Waals surface area contributed by atoms with Crippen molar-refractivity contribution in [1.82, 2.24) is 5.06 Å². The first-order valence-electron chi connectivity index (χ1n) is 16.0. The van der Waals surface area contributed by atoms with Gasteiger partial charge in [0, 0.05) is 19.9 Å². The van der Waals surface area contributed by atoms with E-state index < -0.39 is 0 Å². The maximum absolute atomic E-state index is 12.0. The number of unbranched alkanes of at least 4 members (excludes halogenated alkanes) is 15. The van der Waals surface area contributed by atoms with E-state index in [9.17, 15) is 9.59 Å². The first kappa shape index (κ1) is 35.9. The van der Waals surface area contributed by atoms with Crippen LogP contribution in [0.5, 0.6) is 0 Å². The molecule has 0 aliphatic rings. The van der Waals surface area contributed by atoms with E-state index in [1.165, 1.54) is 134 Å². The number of carbonyl (C=O) groups excluding carboxylic acids is 2. The molecule has 0 aromatic rings. The molecule has 0 radical (unpaired) electrons. The van der Waals surface area contributed by atoms with Crippen LogP contribution in [0.15, 0.2) is 0 Å². The number of rotatable bonds is 28. The lowest BCUT2D eigenvalue weighted by atomic mass is 9.90. The summed E-state index contributed by atoms with van der Waals surface area (Å²) in [6, 6.07) is 0. The second-order valence-electron chi connectivity index (χ2n) is 11.0. The molecule has 0 aromatic carbocycles. The highest BCUT2D eigenvalue weighted by molar-refractivity contribution is 5.76. The van der Waals surface area contributed by atoms with Gasteiger partial charge in [-0.25, -0.2) is 5.06 Å². The Morgan fingerprint density at radius 2 is 1.03 bits per heavy atom. The van der Waals surface area contributed by atoms with Crippen molar-refractivity contribution in [3.8, 4) is 0 Å². The number of esters is 1. The van der Waals surface area contributed by atoms with Crippen LogP contribution in [0.1, 0.15) is 168 Å². The van der Waals surface area contributed by atoms with Crippen LogP contribution >= 0.6 is 0 Å². The summed E-state index contributed by atoms with van der Waals surface area (Å²) in [5.41, 5.74) is 0. The number of nitrogens with zero attached hydrogens (tertiary/aromatic N) is 1. The standard InChI is InChI=1S/C32H63NO4/c1-5-7-9-11-13-15-17-19-24-30(25-20-18-16-14-12-10-8-6-2)26-21-22-29-37-32(35)28-23-27-31(34)33(3)36-4/h30H,5-29H2,1-4H3. The molecule has 0 aromatic heterocycles. The van der Waals surface area contributed by atoms with Crippen molar-refractivity contribution < 1.29 is 19.2 Å². The molecule has 0 bridgehead atoms. The van der Waals surface area contributed by atoms with Crippen LogP contribution in [-0.2, 0) is 19.2 Å². The predicted octanol–water partition coefficient (Wildman–Crippen LogP) is 9.57. The number of hydrogen-bond acceptors (Lipinski definition) is 4. The van der Waals surface area contributed by atoms with Crippen molar-refractivity contribution in [1.29, 1.82) is 0 Å². The summed E-state index contributed by atoms with van der Waals surface area (Å²) in [5, 5.41) is 1.20. The van der Waals surface area contributed by atoms with Gasteiger partial charge in [0.1, 0.15) is 0 Å². The SMILES string of the molecule is CCCCCCCCCCC(CCCCCCCCCC)CCCCOC(=O)CCCC(=O)N(C)OC. The Kier molecular flexibility index (Phi) is 27.1. The average molecular weight is 526 g/mol. The van der Waals surface area contributed by atoms with Gasteiger partial charge in [-0.15, -0.1) is 0 Å². The van der Waals surface area contributed by atoms with E-state index in [-0.39, 0.29) is 11.9 Å². The van der Waals surface area contributed by atoms with Crippen molar-refractivity contribution >= 4 is 11.9 Å². The fraction of sp³-hybridized carbons (Fsp3) is 0.938. The predicted molar refractivity (Wildman–Crippen MR) is 156 cm³/mol. The second kappa shape index (κ2) is 27.9. The maximum atomic E-state index is 12.0. The van der Waals surface area contributed by atoms with E-state index in [4.69, 9.17) is 9.57 Å². The van der Waals surface area contributed by atoms with Crippen LogP contribution in [0, 0.1) is 5.92 Å². The van der Waals surface area contributed by atoms with Crippen LogP contribution in [0.25, 0.3) is 0 Å². The molecule has 5 heteroatoms. The van der Waals surface area contributed by atoms with E-state index >= 15 is 0 Å². The summed E-state index contributed by atoms with van der Waals surface area (Å²) in [6.07, 6.45) is 29.4. The number of amides is 1. The number of carbonyl (C=O) groups is 2. The quantitative estimate of drug-likeness (QED) is 0.0579. The molecule has 0 saturated heterocycles.